The van der Waals surface area contributed by atoms with Gasteiger partial charge in [0.2, 0.25) is 0 Å². The molecule has 0 spiro atoms. The smallest absolute Gasteiger partial charge is 0.254 e. The SMILES string of the molecule is CCNc1cc(N2CCN(C(=O)c3ccc(OC)c(F)c3)CC2)nc(C)n1. The highest BCUT2D eigenvalue weighted by Crippen LogP contribution is 2.21. The van der Waals surface area contributed by atoms with Crippen LogP contribution in [0.1, 0.15) is 23.1 Å². The number of aromatic nitrogens is 2. The number of amides is 1. The molecule has 7 nitrogen and oxygen atoms in total. The number of nitrogens with one attached hydrogen (secondary N) is 1. The van der Waals surface area contributed by atoms with Crippen LogP contribution in [0.15, 0.2) is 24.3 Å². The van der Waals surface area contributed by atoms with Crippen molar-refractivity contribution in [2.24, 2.45) is 0 Å². The van der Waals surface area contributed by atoms with Gasteiger partial charge in [-0.25, -0.2) is 14.4 Å². The fourth-order valence-electron chi connectivity index (χ4n) is 3.11. The maximum atomic E-state index is 13.9. The summed E-state index contributed by atoms with van der Waals surface area (Å²) in [5.74, 6) is 1.77. The van der Waals surface area contributed by atoms with E-state index in [1.165, 1.54) is 19.2 Å². The van der Waals surface area contributed by atoms with Crippen molar-refractivity contribution in [1.82, 2.24) is 14.9 Å². The zero-order valence-corrected chi connectivity index (χ0v) is 15.8. The quantitative estimate of drug-likeness (QED) is 0.867. The van der Waals surface area contributed by atoms with Crippen LogP contribution in [0.3, 0.4) is 0 Å². The molecule has 0 bridgehead atoms. The molecule has 1 N–H and O–H groups in total. The summed E-state index contributed by atoms with van der Waals surface area (Å²) in [6, 6.07) is 6.22. The second-order valence-corrected chi connectivity index (χ2v) is 6.32. The van der Waals surface area contributed by atoms with E-state index in [-0.39, 0.29) is 11.7 Å². The lowest BCUT2D eigenvalue weighted by atomic mass is 10.1. The first kappa shape index (κ1) is 18.9. The van der Waals surface area contributed by atoms with Gasteiger partial charge in [-0.15, -0.1) is 0 Å². The summed E-state index contributed by atoms with van der Waals surface area (Å²) >= 11 is 0. The third-order valence-electron chi connectivity index (χ3n) is 4.47. The summed E-state index contributed by atoms with van der Waals surface area (Å²) in [7, 11) is 1.40. The van der Waals surface area contributed by atoms with E-state index in [1.807, 2.05) is 19.9 Å². The Kier molecular flexibility index (Phi) is 5.73. The van der Waals surface area contributed by atoms with Gasteiger partial charge in [0.15, 0.2) is 11.6 Å². The summed E-state index contributed by atoms with van der Waals surface area (Å²) in [6.45, 7) is 7.08. The number of rotatable bonds is 5. The van der Waals surface area contributed by atoms with Gasteiger partial charge >= 0.3 is 0 Å². The number of hydrogen-bond acceptors (Lipinski definition) is 6. The van der Waals surface area contributed by atoms with E-state index in [0.717, 1.165) is 18.2 Å². The Morgan fingerprint density at radius 3 is 2.59 bits per heavy atom. The molecule has 8 heteroatoms. The van der Waals surface area contributed by atoms with Crippen molar-refractivity contribution >= 4 is 17.5 Å². The predicted molar refractivity (Wildman–Crippen MR) is 102 cm³/mol. The normalized spacial score (nSPS) is 14.2. The van der Waals surface area contributed by atoms with Gasteiger partial charge in [0.1, 0.15) is 17.5 Å². The van der Waals surface area contributed by atoms with Crippen LogP contribution in [0.5, 0.6) is 5.75 Å². The second-order valence-electron chi connectivity index (χ2n) is 6.32. The Morgan fingerprint density at radius 1 is 1.22 bits per heavy atom. The van der Waals surface area contributed by atoms with Gasteiger partial charge < -0.3 is 19.9 Å². The lowest BCUT2D eigenvalue weighted by Gasteiger charge is -2.35. The Labute approximate surface area is 158 Å². The maximum absolute atomic E-state index is 13.9. The molecular formula is C19H24FN5O2. The number of anilines is 2. The first-order chi connectivity index (χ1) is 13.0. The van der Waals surface area contributed by atoms with Crippen LogP contribution in [0, 0.1) is 12.7 Å². The molecular weight excluding hydrogens is 349 g/mol. The van der Waals surface area contributed by atoms with Crippen LogP contribution in [-0.4, -0.2) is 60.6 Å². The number of benzene rings is 1. The topological polar surface area (TPSA) is 70.6 Å². The number of ether oxygens (including phenoxy) is 1. The summed E-state index contributed by atoms with van der Waals surface area (Å²) in [5.41, 5.74) is 0.328. The van der Waals surface area contributed by atoms with Crippen LogP contribution < -0.4 is 15.0 Å². The Morgan fingerprint density at radius 2 is 1.96 bits per heavy atom. The van der Waals surface area contributed by atoms with Crippen LogP contribution in [-0.2, 0) is 0 Å². The molecule has 1 aliphatic heterocycles. The molecule has 0 saturated carbocycles. The van der Waals surface area contributed by atoms with Crippen LogP contribution >= 0.6 is 0 Å². The Balaban J connectivity index is 1.66. The molecule has 1 aromatic heterocycles. The molecule has 0 atom stereocenters. The minimum atomic E-state index is -0.533. The molecule has 2 aromatic rings. The molecule has 1 aromatic carbocycles. The monoisotopic (exact) mass is 373 g/mol. The molecule has 0 aliphatic carbocycles. The lowest BCUT2D eigenvalue weighted by Crippen LogP contribution is -2.49. The van der Waals surface area contributed by atoms with Gasteiger partial charge in [-0.05, 0) is 32.0 Å². The van der Waals surface area contributed by atoms with Crippen LogP contribution in [0.25, 0.3) is 0 Å². The van der Waals surface area contributed by atoms with E-state index < -0.39 is 5.82 Å². The van der Waals surface area contributed by atoms with Crippen LogP contribution in [0.2, 0.25) is 0 Å². The number of hydrogen-bond donors (Lipinski definition) is 1. The number of carbonyl (C=O) groups is 1. The highest BCUT2D eigenvalue weighted by molar-refractivity contribution is 5.94. The molecule has 144 valence electrons. The van der Waals surface area contributed by atoms with Crippen molar-refractivity contribution in [2.45, 2.75) is 13.8 Å². The van der Waals surface area contributed by atoms with Gasteiger partial charge in [0, 0.05) is 44.4 Å². The predicted octanol–water partition coefficient (Wildman–Crippen LogP) is 2.33. The third kappa shape index (κ3) is 4.27. The minimum absolute atomic E-state index is 0.131. The van der Waals surface area contributed by atoms with Crippen molar-refractivity contribution in [3.05, 3.63) is 41.5 Å². The standard InChI is InChI=1S/C19H24FN5O2/c1-4-21-17-12-18(23-13(2)22-17)24-7-9-25(10-8-24)19(26)14-5-6-16(27-3)15(20)11-14/h5-6,11-12H,4,7-10H2,1-3H3,(H,21,22,23). The van der Waals surface area contributed by atoms with E-state index in [0.29, 0.717) is 37.6 Å². The number of carbonyl (C=O) groups excluding carboxylic acids is 1. The fourth-order valence-corrected chi connectivity index (χ4v) is 3.11. The molecule has 0 unspecified atom stereocenters. The molecule has 1 saturated heterocycles. The number of methoxy groups -OCH3 is 1. The summed E-state index contributed by atoms with van der Waals surface area (Å²) in [4.78, 5) is 25.4. The van der Waals surface area contributed by atoms with Gasteiger partial charge in [-0.3, -0.25) is 4.79 Å². The Bertz CT molecular complexity index is 822. The molecule has 27 heavy (non-hydrogen) atoms. The highest BCUT2D eigenvalue weighted by atomic mass is 19.1. The van der Waals surface area contributed by atoms with E-state index in [4.69, 9.17) is 4.74 Å². The molecule has 0 radical (unpaired) electrons. The highest BCUT2D eigenvalue weighted by Gasteiger charge is 2.24. The average molecular weight is 373 g/mol. The Hall–Kier alpha value is -2.90. The zero-order chi connectivity index (χ0) is 19.4. The van der Waals surface area contributed by atoms with Crippen molar-refractivity contribution in [3.63, 3.8) is 0 Å². The number of aryl methyl sites for hydroxylation is 1. The number of piperazine rings is 1. The van der Waals surface area contributed by atoms with Crippen molar-refractivity contribution in [3.8, 4) is 5.75 Å². The molecule has 1 fully saturated rings. The minimum Gasteiger partial charge on any atom is -0.494 e. The fraction of sp³-hybridized carbons (Fsp3) is 0.421. The number of halogens is 1. The number of nitrogens with zero attached hydrogens (tertiary/aromatic N) is 4. The van der Waals surface area contributed by atoms with Crippen molar-refractivity contribution < 1.29 is 13.9 Å². The van der Waals surface area contributed by atoms with E-state index in [9.17, 15) is 9.18 Å². The molecule has 1 aliphatic rings. The summed E-state index contributed by atoms with van der Waals surface area (Å²) in [6.07, 6.45) is 0. The van der Waals surface area contributed by atoms with E-state index in [2.05, 4.69) is 20.2 Å². The average Bonchev–Trinajstić information content (AvgIpc) is 2.67. The van der Waals surface area contributed by atoms with Gasteiger partial charge in [-0.2, -0.15) is 0 Å². The van der Waals surface area contributed by atoms with Crippen LogP contribution in [0.4, 0.5) is 16.0 Å². The van der Waals surface area contributed by atoms with Gasteiger partial charge in [0.25, 0.3) is 5.91 Å². The van der Waals surface area contributed by atoms with Gasteiger partial charge in [-0.1, -0.05) is 0 Å². The van der Waals surface area contributed by atoms with Crippen molar-refractivity contribution in [1.29, 1.82) is 0 Å². The first-order valence-corrected chi connectivity index (χ1v) is 8.99. The lowest BCUT2D eigenvalue weighted by molar-refractivity contribution is 0.0746. The first-order valence-electron chi connectivity index (χ1n) is 8.99. The van der Waals surface area contributed by atoms with Crippen molar-refractivity contribution in [2.75, 3.05) is 50.1 Å². The van der Waals surface area contributed by atoms with E-state index in [1.54, 1.807) is 11.0 Å². The summed E-state index contributed by atoms with van der Waals surface area (Å²) in [5, 5.41) is 3.20. The molecule has 2 heterocycles. The maximum Gasteiger partial charge on any atom is 0.254 e. The summed E-state index contributed by atoms with van der Waals surface area (Å²) < 4.78 is 18.8. The third-order valence-corrected chi connectivity index (χ3v) is 4.47. The molecule has 3 rings (SSSR count). The van der Waals surface area contributed by atoms with E-state index >= 15 is 0 Å². The zero-order valence-electron chi connectivity index (χ0n) is 15.8. The second kappa shape index (κ2) is 8.20. The van der Waals surface area contributed by atoms with Gasteiger partial charge in [0.05, 0.1) is 7.11 Å². The molecule has 1 amide bonds. The largest absolute Gasteiger partial charge is 0.494 e.